The molecule has 0 aromatic heterocycles. The van der Waals surface area contributed by atoms with Crippen molar-refractivity contribution in [3.8, 4) is 0 Å². The lowest BCUT2D eigenvalue weighted by Gasteiger charge is -2.17. The highest BCUT2D eigenvalue weighted by atomic mass is 16.3. The van der Waals surface area contributed by atoms with E-state index in [-0.39, 0.29) is 12.2 Å². The first-order valence-electron chi connectivity index (χ1n) is 4.05. The highest BCUT2D eigenvalue weighted by molar-refractivity contribution is 6.36. The summed E-state index contributed by atoms with van der Waals surface area (Å²) >= 11 is 0. The van der Waals surface area contributed by atoms with Crippen molar-refractivity contribution in [3.63, 3.8) is 0 Å². The second kappa shape index (κ2) is 3.52. The summed E-state index contributed by atoms with van der Waals surface area (Å²) in [5.41, 5.74) is 0.935. The Balaban J connectivity index is 2.31. The summed E-state index contributed by atoms with van der Waals surface area (Å²) in [7, 11) is 0. The van der Waals surface area contributed by atoms with E-state index in [0.717, 1.165) is 18.4 Å². The zero-order valence-electron chi connectivity index (χ0n) is 7.09. The third-order valence-corrected chi connectivity index (χ3v) is 2.12. The minimum atomic E-state index is -0.394. The predicted octanol–water partition coefficient (Wildman–Crippen LogP) is 1.53. The zero-order chi connectivity index (χ0) is 9.14. The molecule has 0 atom stereocenters. The topological polar surface area (TPSA) is 54.4 Å². The number of rotatable bonds is 4. The lowest BCUT2D eigenvalue weighted by Crippen LogP contribution is -2.11. The van der Waals surface area contributed by atoms with Crippen LogP contribution in [0.3, 0.4) is 0 Å². The normalized spacial score (nSPS) is 15.8. The van der Waals surface area contributed by atoms with Crippen LogP contribution in [0, 0.1) is 0 Å². The van der Waals surface area contributed by atoms with E-state index in [1.165, 1.54) is 6.92 Å². The molecule has 0 amide bonds. The van der Waals surface area contributed by atoms with Crippen molar-refractivity contribution in [2.45, 2.75) is 32.6 Å². The van der Waals surface area contributed by atoms with Gasteiger partial charge >= 0.3 is 0 Å². The standard InChI is InChI=1S/C9H12O3/c1-6(10)8(11)4-2-7-3-5-9(7)12/h12H,2-5H2,1H3. The molecule has 0 aromatic rings. The number of aliphatic hydroxyl groups excluding tert-OH is 1. The summed E-state index contributed by atoms with van der Waals surface area (Å²) in [6, 6.07) is 0. The second-order valence-corrected chi connectivity index (χ2v) is 3.03. The number of carbonyl (C=O) groups excluding carboxylic acids is 2. The van der Waals surface area contributed by atoms with Crippen LogP contribution in [0.25, 0.3) is 0 Å². The van der Waals surface area contributed by atoms with Gasteiger partial charge in [-0.05, 0) is 18.4 Å². The van der Waals surface area contributed by atoms with Gasteiger partial charge in [-0.25, -0.2) is 0 Å². The smallest absolute Gasteiger partial charge is 0.198 e. The third kappa shape index (κ3) is 1.94. The fourth-order valence-corrected chi connectivity index (χ4v) is 1.12. The minimum absolute atomic E-state index is 0.245. The van der Waals surface area contributed by atoms with Gasteiger partial charge in [0.25, 0.3) is 0 Å². The van der Waals surface area contributed by atoms with Crippen LogP contribution in [0.4, 0.5) is 0 Å². The SMILES string of the molecule is CC(=O)C(=O)CCC1=C(O)CC1. The fourth-order valence-electron chi connectivity index (χ4n) is 1.12. The van der Waals surface area contributed by atoms with E-state index in [4.69, 9.17) is 5.11 Å². The summed E-state index contributed by atoms with van der Waals surface area (Å²) in [6.45, 7) is 1.28. The maximum absolute atomic E-state index is 10.8. The molecule has 0 unspecified atom stereocenters. The van der Waals surface area contributed by atoms with E-state index in [1.54, 1.807) is 0 Å². The van der Waals surface area contributed by atoms with Crippen LogP contribution >= 0.6 is 0 Å². The number of Topliss-reactive ketones (excluding diaryl/α,β-unsaturated/α-hetero) is 2. The van der Waals surface area contributed by atoms with Crippen molar-refractivity contribution in [1.29, 1.82) is 0 Å². The number of allylic oxidation sites excluding steroid dienone is 2. The second-order valence-electron chi connectivity index (χ2n) is 3.03. The van der Waals surface area contributed by atoms with Crippen LogP contribution in [0.1, 0.15) is 32.6 Å². The van der Waals surface area contributed by atoms with Crippen molar-refractivity contribution in [2.75, 3.05) is 0 Å². The third-order valence-electron chi connectivity index (χ3n) is 2.12. The Kier molecular flexibility index (Phi) is 2.63. The highest BCUT2D eigenvalue weighted by Gasteiger charge is 2.17. The molecule has 3 heteroatoms. The Hall–Kier alpha value is -1.12. The van der Waals surface area contributed by atoms with Crippen molar-refractivity contribution in [3.05, 3.63) is 11.3 Å². The summed E-state index contributed by atoms with van der Waals surface area (Å²) in [6.07, 6.45) is 2.39. The van der Waals surface area contributed by atoms with Crippen LogP contribution < -0.4 is 0 Å². The molecule has 0 spiro atoms. The largest absolute Gasteiger partial charge is 0.512 e. The van der Waals surface area contributed by atoms with Gasteiger partial charge in [0.2, 0.25) is 0 Å². The Labute approximate surface area is 71.1 Å². The van der Waals surface area contributed by atoms with E-state index in [1.807, 2.05) is 0 Å². The Morgan fingerprint density at radius 2 is 2.08 bits per heavy atom. The van der Waals surface area contributed by atoms with Gasteiger partial charge in [0.15, 0.2) is 11.6 Å². The molecule has 1 aliphatic carbocycles. The van der Waals surface area contributed by atoms with Gasteiger partial charge in [0.05, 0.1) is 5.76 Å². The van der Waals surface area contributed by atoms with Gasteiger partial charge in [-0.1, -0.05) is 0 Å². The molecule has 1 aliphatic rings. The molecule has 0 fully saturated rings. The molecule has 12 heavy (non-hydrogen) atoms. The van der Waals surface area contributed by atoms with Crippen molar-refractivity contribution < 1.29 is 14.7 Å². The molecule has 66 valence electrons. The summed E-state index contributed by atoms with van der Waals surface area (Å²) < 4.78 is 0. The Morgan fingerprint density at radius 3 is 2.42 bits per heavy atom. The molecular weight excluding hydrogens is 156 g/mol. The molecule has 0 radical (unpaired) electrons. The molecule has 0 saturated heterocycles. The van der Waals surface area contributed by atoms with Gasteiger partial charge < -0.3 is 5.11 Å². The molecule has 0 aliphatic heterocycles. The van der Waals surface area contributed by atoms with Gasteiger partial charge in [-0.2, -0.15) is 0 Å². The molecule has 1 rings (SSSR count). The average molecular weight is 168 g/mol. The highest BCUT2D eigenvalue weighted by Crippen LogP contribution is 2.28. The number of hydrogen-bond acceptors (Lipinski definition) is 3. The molecule has 3 nitrogen and oxygen atoms in total. The van der Waals surface area contributed by atoms with E-state index in [9.17, 15) is 9.59 Å². The molecule has 0 aromatic carbocycles. The van der Waals surface area contributed by atoms with E-state index in [0.29, 0.717) is 12.2 Å². The van der Waals surface area contributed by atoms with Crippen LogP contribution in [0.2, 0.25) is 0 Å². The van der Waals surface area contributed by atoms with E-state index in [2.05, 4.69) is 0 Å². The predicted molar refractivity (Wildman–Crippen MR) is 43.8 cm³/mol. The fraction of sp³-hybridized carbons (Fsp3) is 0.556. The van der Waals surface area contributed by atoms with Gasteiger partial charge in [0, 0.05) is 19.8 Å². The Morgan fingerprint density at radius 1 is 1.42 bits per heavy atom. The summed E-state index contributed by atoms with van der Waals surface area (Å²) in [4.78, 5) is 21.4. The first kappa shape index (κ1) is 8.97. The van der Waals surface area contributed by atoms with Gasteiger partial charge in [0.1, 0.15) is 0 Å². The number of hydrogen-bond donors (Lipinski definition) is 1. The van der Waals surface area contributed by atoms with Gasteiger partial charge in [-0.15, -0.1) is 0 Å². The van der Waals surface area contributed by atoms with E-state index >= 15 is 0 Å². The Bertz CT molecular complexity index is 250. The lowest BCUT2D eigenvalue weighted by molar-refractivity contribution is -0.135. The number of ketones is 2. The molecule has 0 bridgehead atoms. The monoisotopic (exact) mass is 168 g/mol. The zero-order valence-corrected chi connectivity index (χ0v) is 7.09. The number of aliphatic hydroxyl groups is 1. The van der Waals surface area contributed by atoms with Crippen molar-refractivity contribution in [2.24, 2.45) is 0 Å². The molecule has 0 heterocycles. The lowest BCUT2D eigenvalue weighted by atomic mass is 9.91. The number of carbonyl (C=O) groups is 2. The maximum Gasteiger partial charge on any atom is 0.198 e. The van der Waals surface area contributed by atoms with Crippen molar-refractivity contribution >= 4 is 11.6 Å². The summed E-state index contributed by atoms with van der Waals surface area (Å²) in [5.74, 6) is -0.331. The van der Waals surface area contributed by atoms with Crippen molar-refractivity contribution in [1.82, 2.24) is 0 Å². The van der Waals surface area contributed by atoms with Crippen LogP contribution in [-0.4, -0.2) is 16.7 Å². The first-order chi connectivity index (χ1) is 5.61. The maximum atomic E-state index is 10.8. The average Bonchev–Trinajstić information content (AvgIpc) is 2.01. The van der Waals surface area contributed by atoms with Gasteiger partial charge in [-0.3, -0.25) is 9.59 Å². The summed E-state index contributed by atoms with van der Waals surface area (Å²) in [5, 5.41) is 9.04. The quantitative estimate of drug-likeness (QED) is 0.647. The first-order valence-corrected chi connectivity index (χ1v) is 4.05. The molecular formula is C9H12O3. The van der Waals surface area contributed by atoms with Crippen LogP contribution in [0.5, 0.6) is 0 Å². The van der Waals surface area contributed by atoms with Crippen LogP contribution in [-0.2, 0) is 9.59 Å². The molecule has 1 N–H and O–H groups in total. The minimum Gasteiger partial charge on any atom is -0.512 e. The van der Waals surface area contributed by atoms with E-state index < -0.39 is 5.78 Å². The molecule has 0 saturated carbocycles. The van der Waals surface area contributed by atoms with Crippen LogP contribution in [0.15, 0.2) is 11.3 Å².